The molecule has 0 amide bonds. The number of hydrogen-bond acceptors (Lipinski definition) is 4. The molecular weight excluding hydrogens is 289 g/mol. The zero-order valence-electron chi connectivity index (χ0n) is 13.3. The number of hydrogen-bond donors (Lipinski definition) is 1. The van der Waals surface area contributed by atoms with Crippen molar-refractivity contribution >= 4 is 19.8 Å². The Labute approximate surface area is 128 Å². The third-order valence-electron chi connectivity index (χ3n) is 4.36. The van der Waals surface area contributed by atoms with E-state index >= 15 is 0 Å². The summed E-state index contributed by atoms with van der Waals surface area (Å²) in [4.78, 5) is 0.308. The van der Waals surface area contributed by atoms with Gasteiger partial charge >= 0.3 is 0 Å². The van der Waals surface area contributed by atoms with E-state index in [9.17, 15) is 4.57 Å². The van der Waals surface area contributed by atoms with Crippen LogP contribution in [-0.4, -0.2) is 28.4 Å². The third-order valence-corrected chi connectivity index (χ3v) is 7.27. The van der Waals surface area contributed by atoms with Crippen LogP contribution in [0.4, 0.5) is 0 Å². The average Bonchev–Trinajstić information content (AvgIpc) is 2.89. The summed E-state index contributed by atoms with van der Waals surface area (Å²) in [5.74, 6) is 0.460. The SMILES string of the molecule is CC(C)CO[PH](=O)CCC1NC2(CCCC2)SC1(C)C. The van der Waals surface area contributed by atoms with Crippen LogP contribution in [0.3, 0.4) is 0 Å². The number of rotatable bonds is 6. The first-order valence-electron chi connectivity index (χ1n) is 7.96. The van der Waals surface area contributed by atoms with Gasteiger partial charge in [0.15, 0.2) is 8.03 Å². The van der Waals surface area contributed by atoms with Gasteiger partial charge < -0.3 is 4.52 Å². The maximum absolute atomic E-state index is 12.0. The Morgan fingerprint density at radius 3 is 2.60 bits per heavy atom. The van der Waals surface area contributed by atoms with Gasteiger partial charge in [0.1, 0.15) is 0 Å². The zero-order chi connectivity index (χ0) is 14.8. The second-order valence-electron chi connectivity index (χ2n) is 7.22. The summed E-state index contributed by atoms with van der Waals surface area (Å²) in [6.45, 7) is 9.47. The van der Waals surface area contributed by atoms with E-state index in [1.165, 1.54) is 25.7 Å². The molecular formula is C15H30NO2PS. The standard InChI is InChI=1S/C15H30NO2PS/c1-12(2)11-18-19(17)10-7-13-14(3,4)20-15(16-13)8-5-6-9-15/h12-13,16,19H,5-11H2,1-4H3. The van der Waals surface area contributed by atoms with Crippen LogP contribution in [-0.2, 0) is 9.09 Å². The van der Waals surface area contributed by atoms with Crippen molar-refractivity contribution < 1.29 is 9.09 Å². The van der Waals surface area contributed by atoms with Gasteiger partial charge in [-0.15, -0.1) is 11.8 Å². The molecule has 5 heteroatoms. The third kappa shape index (κ3) is 4.25. The van der Waals surface area contributed by atoms with Gasteiger partial charge in [-0.3, -0.25) is 9.88 Å². The smallest absolute Gasteiger partial charge is 0.191 e. The van der Waals surface area contributed by atoms with Crippen LogP contribution in [0, 0.1) is 5.92 Å². The first-order chi connectivity index (χ1) is 9.33. The Bertz CT molecular complexity index is 354. The van der Waals surface area contributed by atoms with Gasteiger partial charge in [0.05, 0.1) is 11.5 Å². The van der Waals surface area contributed by atoms with Crippen LogP contribution in [0.15, 0.2) is 0 Å². The van der Waals surface area contributed by atoms with E-state index in [1.54, 1.807) is 0 Å². The van der Waals surface area contributed by atoms with Crippen LogP contribution < -0.4 is 5.32 Å². The normalized spacial score (nSPS) is 29.4. The fourth-order valence-corrected chi connectivity index (χ4v) is 6.51. The van der Waals surface area contributed by atoms with E-state index < -0.39 is 8.03 Å². The molecule has 1 saturated heterocycles. The lowest BCUT2D eigenvalue weighted by molar-refractivity contribution is 0.280. The summed E-state index contributed by atoms with van der Waals surface area (Å²) in [5, 5.41) is 3.86. The predicted molar refractivity (Wildman–Crippen MR) is 89.1 cm³/mol. The van der Waals surface area contributed by atoms with Crippen molar-refractivity contribution in [3.63, 3.8) is 0 Å². The van der Waals surface area contributed by atoms with Crippen LogP contribution in [0.2, 0.25) is 0 Å². The molecule has 2 atom stereocenters. The van der Waals surface area contributed by atoms with Crippen LogP contribution >= 0.6 is 19.8 Å². The van der Waals surface area contributed by atoms with Gasteiger partial charge in [-0.25, -0.2) is 0 Å². The molecule has 2 unspecified atom stereocenters. The Balaban J connectivity index is 1.81. The molecule has 2 rings (SSSR count). The van der Waals surface area contributed by atoms with Gasteiger partial charge in [0, 0.05) is 17.0 Å². The monoisotopic (exact) mass is 319 g/mol. The Hall–Kier alpha value is 0.500. The molecule has 0 aromatic rings. The largest absolute Gasteiger partial charge is 0.330 e. The van der Waals surface area contributed by atoms with Crippen molar-refractivity contribution in [2.24, 2.45) is 5.92 Å². The van der Waals surface area contributed by atoms with E-state index in [-0.39, 0.29) is 4.75 Å². The molecule has 1 N–H and O–H groups in total. The maximum Gasteiger partial charge on any atom is 0.191 e. The second kappa shape index (κ2) is 6.73. The zero-order valence-corrected chi connectivity index (χ0v) is 15.1. The molecule has 3 nitrogen and oxygen atoms in total. The molecule has 0 aromatic heterocycles. The lowest BCUT2D eigenvalue weighted by Gasteiger charge is -2.25. The van der Waals surface area contributed by atoms with Gasteiger partial charge in [0.2, 0.25) is 0 Å². The summed E-state index contributed by atoms with van der Waals surface area (Å²) in [6.07, 6.45) is 6.95. The van der Waals surface area contributed by atoms with Gasteiger partial charge in [-0.05, 0) is 39.0 Å². The van der Waals surface area contributed by atoms with E-state index in [2.05, 4.69) is 44.8 Å². The van der Waals surface area contributed by atoms with Gasteiger partial charge in [0.25, 0.3) is 0 Å². The fraction of sp³-hybridized carbons (Fsp3) is 1.00. The summed E-state index contributed by atoms with van der Waals surface area (Å²) >= 11 is 2.11. The molecule has 20 heavy (non-hydrogen) atoms. The molecule has 1 spiro atoms. The fourth-order valence-electron chi connectivity index (χ4n) is 3.30. The summed E-state index contributed by atoms with van der Waals surface area (Å²) in [5.41, 5.74) is 0. The van der Waals surface area contributed by atoms with Crippen LogP contribution in [0.1, 0.15) is 59.8 Å². The topological polar surface area (TPSA) is 38.3 Å². The molecule has 0 radical (unpaired) electrons. The second-order valence-corrected chi connectivity index (χ2v) is 10.8. The van der Waals surface area contributed by atoms with Gasteiger partial charge in [-0.1, -0.05) is 26.7 Å². The van der Waals surface area contributed by atoms with Crippen LogP contribution in [0.5, 0.6) is 0 Å². The minimum atomic E-state index is -1.86. The average molecular weight is 319 g/mol. The molecule has 118 valence electrons. The molecule has 2 fully saturated rings. The van der Waals surface area contributed by atoms with Crippen molar-refractivity contribution in [3.05, 3.63) is 0 Å². The minimum Gasteiger partial charge on any atom is -0.330 e. The highest BCUT2D eigenvalue weighted by Gasteiger charge is 2.50. The Morgan fingerprint density at radius 2 is 2.00 bits per heavy atom. The van der Waals surface area contributed by atoms with Crippen molar-refractivity contribution in [1.82, 2.24) is 5.32 Å². The van der Waals surface area contributed by atoms with E-state index in [0.29, 0.717) is 23.4 Å². The highest BCUT2D eigenvalue weighted by Crippen LogP contribution is 2.53. The number of thioether (sulfide) groups is 1. The highest BCUT2D eigenvalue weighted by molar-refractivity contribution is 8.02. The first kappa shape index (κ1) is 16.9. The van der Waals surface area contributed by atoms with E-state index in [1.807, 2.05) is 0 Å². The quantitative estimate of drug-likeness (QED) is 0.742. The minimum absolute atomic E-state index is 0.241. The Morgan fingerprint density at radius 1 is 1.35 bits per heavy atom. The van der Waals surface area contributed by atoms with Crippen molar-refractivity contribution in [2.45, 2.75) is 75.5 Å². The summed E-state index contributed by atoms with van der Waals surface area (Å²) < 4.78 is 17.7. The predicted octanol–water partition coefficient (Wildman–Crippen LogP) is 4.28. The molecule has 1 saturated carbocycles. The first-order valence-corrected chi connectivity index (χ1v) is 10.3. The molecule has 1 heterocycles. The lowest BCUT2D eigenvalue weighted by atomic mass is 10.00. The van der Waals surface area contributed by atoms with Crippen molar-refractivity contribution in [3.8, 4) is 0 Å². The van der Waals surface area contributed by atoms with E-state index in [0.717, 1.165) is 12.6 Å². The molecule has 0 aromatic carbocycles. The molecule has 0 bridgehead atoms. The molecule has 1 aliphatic heterocycles. The molecule has 2 aliphatic rings. The summed E-state index contributed by atoms with van der Waals surface area (Å²) in [7, 11) is -1.86. The Kier molecular flexibility index (Phi) is 5.67. The maximum atomic E-state index is 12.0. The highest BCUT2D eigenvalue weighted by atomic mass is 32.2. The van der Waals surface area contributed by atoms with Crippen molar-refractivity contribution in [2.75, 3.05) is 12.8 Å². The number of nitrogens with one attached hydrogen (secondary N) is 1. The summed E-state index contributed by atoms with van der Waals surface area (Å²) in [6, 6.07) is 0.460. The van der Waals surface area contributed by atoms with Crippen LogP contribution in [0.25, 0.3) is 0 Å². The lowest BCUT2D eigenvalue weighted by Crippen LogP contribution is -2.42. The van der Waals surface area contributed by atoms with Gasteiger partial charge in [-0.2, -0.15) is 0 Å². The van der Waals surface area contributed by atoms with E-state index in [4.69, 9.17) is 4.52 Å². The molecule has 1 aliphatic carbocycles. The van der Waals surface area contributed by atoms with Crippen molar-refractivity contribution in [1.29, 1.82) is 0 Å².